The quantitative estimate of drug-likeness (QED) is 0.731. The average molecular weight is 186 g/mol. The maximum absolute atomic E-state index is 10.1. The van der Waals surface area contributed by atoms with E-state index >= 15 is 0 Å². The number of nitrogens with one attached hydrogen (secondary N) is 1. The van der Waals surface area contributed by atoms with Gasteiger partial charge in [-0.3, -0.25) is 4.79 Å². The maximum Gasteiger partial charge on any atom is 0.211 e. The summed E-state index contributed by atoms with van der Waals surface area (Å²) in [5.41, 5.74) is 0.547. The molecule has 1 amide bonds. The molecule has 1 N–H and O–H groups in total. The van der Waals surface area contributed by atoms with E-state index in [2.05, 4.69) is 5.32 Å². The molecular formula is C8H8ClNO2. The van der Waals surface area contributed by atoms with Gasteiger partial charge in [-0.1, -0.05) is 11.6 Å². The minimum Gasteiger partial charge on any atom is -0.497 e. The first-order valence-electron chi connectivity index (χ1n) is 3.31. The topological polar surface area (TPSA) is 38.3 Å². The molecule has 0 aliphatic rings. The van der Waals surface area contributed by atoms with Crippen LogP contribution in [0.3, 0.4) is 0 Å². The number of amides is 1. The monoisotopic (exact) mass is 185 g/mol. The Morgan fingerprint density at radius 2 is 2.33 bits per heavy atom. The SMILES string of the molecule is COc1ccc(Cl)c(NC=O)c1. The Hall–Kier alpha value is -1.22. The lowest BCUT2D eigenvalue weighted by molar-refractivity contribution is -0.105. The van der Waals surface area contributed by atoms with E-state index in [4.69, 9.17) is 16.3 Å². The second-order valence-corrected chi connectivity index (χ2v) is 2.52. The van der Waals surface area contributed by atoms with Crippen molar-refractivity contribution in [1.29, 1.82) is 0 Å². The number of halogens is 1. The van der Waals surface area contributed by atoms with Gasteiger partial charge >= 0.3 is 0 Å². The van der Waals surface area contributed by atoms with Crippen LogP contribution < -0.4 is 10.1 Å². The van der Waals surface area contributed by atoms with Gasteiger partial charge in [0, 0.05) is 6.07 Å². The van der Waals surface area contributed by atoms with Crippen molar-refractivity contribution in [3.63, 3.8) is 0 Å². The van der Waals surface area contributed by atoms with Gasteiger partial charge in [-0.25, -0.2) is 0 Å². The first-order valence-corrected chi connectivity index (χ1v) is 3.69. The summed E-state index contributed by atoms with van der Waals surface area (Å²) in [5, 5.41) is 2.95. The highest BCUT2D eigenvalue weighted by Crippen LogP contribution is 2.25. The van der Waals surface area contributed by atoms with Gasteiger partial charge in [-0.05, 0) is 12.1 Å². The van der Waals surface area contributed by atoms with E-state index in [1.54, 1.807) is 25.3 Å². The summed E-state index contributed by atoms with van der Waals surface area (Å²) in [6.07, 6.45) is 0.570. The maximum atomic E-state index is 10.1. The highest BCUT2D eigenvalue weighted by atomic mass is 35.5. The molecule has 64 valence electrons. The summed E-state index contributed by atoms with van der Waals surface area (Å²) >= 11 is 5.76. The minimum atomic E-state index is 0.489. The smallest absolute Gasteiger partial charge is 0.211 e. The third-order valence-electron chi connectivity index (χ3n) is 1.39. The number of rotatable bonds is 3. The Morgan fingerprint density at radius 1 is 1.58 bits per heavy atom. The van der Waals surface area contributed by atoms with Crippen molar-refractivity contribution >= 4 is 23.7 Å². The highest BCUT2D eigenvalue weighted by Gasteiger charge is 1.99. The molecule has 0 bridgehead atoms. The number of anilines is 1. The Morgan fingerprint density at radius 3 is 2.92 bits per heavy atom. The fraction of sp³-hybridized carbons (Fsp3) is 0.125. The molecule has 0 saturated carbocycles. The van der Waals surface area contributed by atoms with Gasteiger partial charge in [-0.2, -0.15) is 0 Å². The molecule has 0 radical (unpaired) electrons. The Labute approximate surface area is 75.3 Å². The standard InChI is InChI=1S/C8H8ClNO2/c1-12-6-2-3-7(9)8(4-6)10-5-11/h2-5H,1H3,(H,10,11). The molecule has 0 unspecified atom stereocenters. The molecule has 0 aliphatic carbocycles. The third-order valence-corrected chi connectivity index (χ3v) is 1.72. The highest BCUT2D eigenvalue weighted by molar-refractivity contribution is 6.33. The van der Waals surface area contributed by atoms with E-state index in [1.165, 1.54) is 0 Å². The van der Waals surface area contributed by atoms with E-state index in [0.29, 0.717) is 22.9 Å². The van der Waals surface area contributed by atoms with Gasteiger partial charge in [0.15, 0.2) is 0 Å². The normalized spacial score (nSPS) is 9.17. The van der Waals surface area contributed by atoms with Crippen LogP contribution in [-0.2, 0) is 4.79 Å². The lowest BCUT2D eigenvalue weighted by Crippen LogP contribution is -1.95. The molecule has 0 heterocycles. The van der Waals surface area contributed by atoms with E-state index in [0.717, 1.165) is 0 Å². The molecule has 1 aromatic carbocycles. The van der Waals surface area contributed by atoms with Gasteiger partial charge in [0.05, 0.1) is 17.8 Å². The predicted molar refractivity (Wildman–Crippen MR) is 47.7 cm³/mol. The number of carbonyl (C=O) groups excluding carboxylic acids is 1. The fourth-order valence-corrected chi connectivity index (χ4v) is 0.978. The zero-order chi connectivity index (χ0) is 8.97. The van der Waals surface area contributed by atoms with E-state index in [-0.39, 0.29) is 0 Å². The molecule has 0 atom stereocenters. The van der Waals surface area contributed by atoms with Crippen LogP contribution in [-0.4, -0.2) is 13.5 Å². The molecular weight excluding hydrogens is 178 g/mol. The van der Waals surface area contributed by atoms with Crippen LogP contribution in [0.25, 0.3) is 0 Å². The Bertz CT molecular complexity index is 288. The van der Waals surface area contributed by atoms with Crippen molar-refractivity contribution in [1.82, 2.24) is 0 Å². The van der Waals surface area contributed by atoms with Crippen LogP contribution in [0.1, 0.15) is 0 Å². The van der Waals surface area contributed by atoms with Crippen LogP contribution >= 0.6 is 11.6 Å². The van der Waals surface area contributed by atoms with Crippen LogP contribution in [0, 0.1) is 0 Å². The average Bonchev–Trinajstić information content (AvgIpc) is 2.09. The minimum absolute atomic E-state index is 0.489. The fourth-order valence-electron chi connectivity index (χ4n) is 0.805. The van der Waals surface area contributed by atoms with Crippen LogP contribution in [0.4, 0.5) is 5.69 Å². The lowest BCUT2D eigenvalue weighted by atomic mass is 10.3. The third kappa shape index (κ3) is 1.89. The number of hydrogen-bond donors (Lipinski definition) is 1. The molecule has 1 rings (SSSR count). The number of hydrogen-bond acceptors (Lipinski definition) is 2. The van der Waals surface area contributed by atoms with Crippen LogP contribution in [0.2, 0.25) is 5.02 Å². The lowest BCUT2D eigenvalue weighted by Gasteiger charge is -2.04. The van der Waals surface area contributed by atoms with Crippen molar-refractivity contribution in [2.45, 2.75) is 0 Å². The van der Waals surface area contributed by atoms with E-state index in [1.807, 2.05) is 0 Å². The first-order chi connectivity index (χ1) is 5.77. The van der Waals surface area contributed by atoms with Crippen LogP contribution in [0.15, 0.2) is 18.2 Å². The molecule has 0 spiro atoms. The molecule has 4 heteroatoms. The summed E-state index contributed by atoms with van der Waals surface area (Å²) in [6, 6.07) is 5.03. The number of ether oxygens (including phenoxy) is 1. The molecule has 12 heavy (non-hydrogen) atoms. The molecule has 0 fully saturated rings. The van der Waals surface area contributed by atoms with Crippen molar-refractivity contribution in [2.75, 3.05) is 12.4 Å². The second kappa shape index (κ2) is 3.97. The number of benzene rings is 1. The van der Waals surface area contributed by atoms with Crippen molar-refractivity contribution in [3.8, 4) is 5.75 Å². The summed E-state index contributed by atoms with van der Waals surface area (Å²) in [5.74, 6) is 0.656. The molecule has 1 aromatic rings. The predicted octanol–water partition coefficient (Wildman–Crippen LogP) is 1.92. The zero-order valence-corrected chi connectivity index (χ0v) is 7.26. The largest absolute Gasteiger partial charge is 0.497 e. The van der Waals surface area contributed by atoms with Gasteiger partial charge in [0.1, 0.15) is 5.75 Å². The van der Waals surface area contributed by atoms with Gasteiger partial charge in [0.2, 0.25) is 6.41 Å². The molecule has 3 nitrogen and oxygen atoms in total. The molecule has 0 aliphatic heterocycles. The van der Waals surface area contributed by atoms with Gasteiger partial charge < -0.3 is 10.1 Å². The van der Waals surface area contributed by atoms with E-state index < -0.39 is 0 Å². The summed E-state index contributed by atoms with van der Waals surface area (Å²) in [6.45, 7) is 0. The summed E-state index contributed by atoms with van der Waals surface area (Å²) in [4.78, 5) is 10.1. The Kier molecular flexibility index (Phi) is 2.94. The Balaban J connectivity index is 2.99. The number of methoxy groups -OCH3 is 1. The van der Waals surface area contributed by atoms with E-state index in [9.17, 15) is 4.79 Å². The van der Waals surface area contributed by atoms with Gasteiger partial charge in [-0.15, -0.1) is 0 Å². The zero-order valence-electron chi connectivity index (χ0n) is 6.50. The first kappa shape index (κ1) is 8.87. The molecule has 0 aromatic heterocycles. The van der Waals surface area contributed by atoms with Crippen molar-refractivity contribution in [3.05, 3.63) is 23.2 Å². The summed E-state index contributed by atoms with van der Waals surface area (Å²) < 4.78 is 4.94. The number of carbonyl (C=O) groups is 1. The second-order valence-electron chi connectivity index (χ2n) is 2.11. The van der Waals surface area contributed by atoms with Gasteiger partial charge in [0.25, 0.3) is 0 Å². The summed E-state index contributed by atoms with van der Waals surface area (Å²) in [7, 11) is 1.55. The van der Waals surface area contributed by atoms with Crippen molar-refractivity contribution < 1.29 is 9.53 Å². The van der Waals surface area contributed by atoms with Crippen LogP contribution in [0.5, 0.6) is 5.75 Å². The molecule has 0 saturated heterocycles. The van der Waals surface area contributed by atoms with Crippen molar-refractivity contribution in [2.24, 2.45) is 0 Å².